The molecule has 6 heteroatoms. The number of nitrogens with one attached hydrogen (secondary N) is 1. The van der Waals surface area contributed by atoms with Crippen molar-refractivity contribution in [1.29, 1.82) is 0 Å². The van der Waals surface area contributed by atoms with Crippen LogP contribution in [0.5, 0.6) is 0 Å². The Labute approximate surface area is 108 Å². The highest BCUT2D eigenvalue weighted by molar-refractivity contribution is 5.87. The van der Waals surface area contributed by atoms with Gasteiger partial charge in [0, 0.05) is 23.9 Å². The number of carbonyl (C=O) groups excluding carboxylic acids is 1. The molecule has 0 radical (unpaired) electrons. The maximum atomic E-state index is 13.0. The minimum Gasteiger partial charge on any atom is -0.463 e. The van der Waals surface area contributed by atoms with Crippen molar-refractivity contribution in [2.75, 3.05) is 12.4 Å². The average Bonchev–Trinajstić information content (AvgIpc) is 2.82. The molecule has 2 rings (SSSR count). The van der Waals surface area contributed by atoms with Crippen molar-refractivity contribution in [3.05, 3.63) is 53.5 Å². The fraction of sp³-hybridized carbons (Fsp3) is 0.154. The summed E-state index contributed by atoms with van der Waals surface area (Å²) in [6, 6.07) is 4.67. The van der Waals surface area contributed by atoms with Gasteiger partial charge in [-0.3, -0.25) is 0 Å². The fourth-order valence-electron chi connectivity index (χ4n) is 1.60. The molecule has 1 aromatic heterocycles. The first kappa shape index (κ1) is 13.1. The van der Waals surface area contributed by atoms with Gasteiger partial charge in [0.25, 0.3) is 0 Å². The van der Waals surface area contributed by atoms with Gasteiger partial charge in [0.1, 0.15) is 11.6 Å². The molecular weight excluding hydrogens is 256 g/mol. The highest BCUT2D eigenvalue weighted by Crippen LogP contribution is 2.17. The van der Waals surface area contributed by atoms with Gasteiger partial charge in [-0.05, 0) is 18.2 Å². The lowest BCUT2D eigenvalue weighted by Gasteiger charge is -2.06. The summed E-state index contributed by atoms with van der Waals surface area (Å²) in [5.74, 6) is -1.90. The van der Waals surface area contributed by atoms with E-state index in [-0.39, 0.29) is 18.0 Å². The number of esters is 1. The predicted octanol–water partition coefficient (Wildman–Crippen LogP) is 2.96. The zero-order valence-corrected chi connectivity index (χ0v) is 10.1. The molecule has 100 valence electrons. The molecular formula is C13H11F2NO3. The number of hydrogen-bond donors (Lipinski definition) is 1. The van der Waals surface area contributed by atoms with Gasteiger partial charge >= 0.3 is 5.97 Å². The van der Waals surface area contributed by atoms with Gasteiger partial charge in [0.15, 0.2) is 0 Å². The zero-order valence-electron chi connectivity index (χ0n) is 10.1. The Kier molecular flexibility index (Phi) is 3.79. The summed E-state index contributed by atoms with van der Waals surface area (Å²) in [5.41, 5.74) is 0.811. The van der Waals surface area contributed by atoms with E-state index in [1.54, 1.807) is 6.07 Å². The third kappa shape index (κ3) is 3.09. The molecule has 4 nitrogen and oxygen atoms in total. The maximum absolute atomic E-state index is 13.0. The predicted molar refractivity (Wildman–Crippen MR) is 63.7 cm³/mol. The van der Waals surface area contributed by atoms with E-state index in [9.17, 15) is 13.6 Å². The van der Waals surface area contributed by atoms with Crippen LogP contribution in [0.25, 0.3) is 0 Å². The van der Waals surface area contributed by atoms with Gasteiger partial charge in [-0.25, -0.2) is 13.6 Å². The third-order valence-corrected chi connectivity index (χ3v) is 2.46. The summed E-state index contributed by atoms with van der Waals surface area (Å²) >= 11 is 0. The number of hydrogen-bond acceptors (Lipinski definition) is 4. The molecule has 1 aromatic carbocycles. The van der Waals surface area contributed by atoms with Gasteiger partial charge in [-0.2, -0.15) is 0 Å². The second-order valence-electron chi connectivity index (χ2n) is 3.78. The van der Waals surface area contributed by atoms with Crippen LogP contribution in [-0.2, 0) is 11.3 Å². The molecule has 0 saturated carbocycles. The fourth-order valence-corrected chi connectivity index (χ4v) is 1.60. The van der Waals surface area contributed by atoms with E-state index >= 15 is 0 Å². The van der Waals surface area contributed by atoms with E-state index < -0.39 is 17.6 Å². The quantitative estimate of drug-likeness (QED) is 0.865. The minimum atomic E-state index is -0.678. The Morgan fingerprint density at radius 1 is 1.32 bits per heavy atom. The molecule has 0 amide bonds. The van der Waals surface area contributed by atoms with Crippen LogP contribution in [0.4, 0.5) is 14.5 Å². The normalized spacial score (nSPS) is 10.3. The third-order valence-electron chi connectivity index (χ3n) is 2.46. The van der Waals surface area contributed by atoms with Crippen molar-refractivity contribution in [2.24, 2.45) is 0 Å². The molecule has 1 N–H and O–H groups in total. The summed E-state index contributed by atoms with van der Waals surface area (Å²) in [7, 11) is 1.24. The van der Waals surface area contributed by atoms with E-state index in [1.807, 2.05) is 0 Å². The zero-order chi connectivity index (χ0) is 13.8. The molecule has 0 unspecified atom stereocenters. The van der Waals surface area contributed by atoms with Crippen LogP contribution in [0.1, 0.15) is 16.1 Å². The second kappa shape index (κ2) is 5.51. The summed E-state index contributed by atoms with van der Waals surface area (Å²) in [6.45, 7) is 0.184. The van der Waals surface area contributed by atoms with Crippen LogP contribution in [0, 0.1) is 11.6 Å². The number of furan rings is 1. The molecule has 0 aliphatic rings. The Morgan fingerprint density at radius 2 is 2.00 bits per heavy atom. The number of halogens is 2. The Bertz CT molecular complexity index is 575. The highest BCUT2D eigenvalue weighted by atomic mass is 19.1. The molecule has 2 aromatic rings. The first-order valence-corrected chi connectivity index (χ1v) is 5.45. The smallest absolute Gasteiger partial charge is 0.374 e. The Balaban J connectivity index is 2.10. The Hall–Kier alpha value is -2.37. The van der Waals surface area contributed by atoms with Crippen LogP contribution in [0.15, 0.2) is 34.9 Å². The van der Waals surface area contributed by atoms with E-state index in [0.29, 0.717) is 5.56 Å². The number of anilines is 1. The largest absolute Gasteiger partial charge is 0.463 e. The van der Waals surface area contributed by atoms with Gasteiger partial charge in [0.2, 0.25) is 5.76 Å². The molecule has 19 heavy (non-hydrogen) atoms. The van der Waals surface area contributed by atoms with Crippen LogP contribution < -0.4 is 5.32 Å². The van der Waals surface area contributed by atoms with E-state index in [4.69, 9.17) is 4.42 Å². The Morgan fingerprint density at radius 3 is 2.63 bits per heavy atom. The van der Waals surface area contributed by atoms with Gasteiger partial charge in [-0.1, -0.05) is 0 Å². The lowest BCUT2D eigenvalue weighted by molar-refractivity contribution is 0.0563. The number of methoxy groups -OCH3 is 1. The minimum absolute atomic E-state index is 0.0619. The molecule has 0 spiro atoms. The number of ether oxygens (including phenoxy) is 1. The number of carbonyl (C=O) groups is 1. The van der Waals surface area contributed by atoms with Crippen LogP contribution >= 0.6 is 0 Å². The molecule has 0 fully saturated rings. The van der Waals surface area contributed by atoms with Gasteiger partial charge < -0.3 is 14.5 Å². The maximum Gasteiger partial charge on any atom is 0.374 e. The molecule has 0 saturated heterocycles. The van der Waals surface area contributed by atoms with E-state index in [0.717, 1.165) is 18.2 Å². The van der Waals surface area contributed by atoms with Crippen molar-refractivity contribution >= 4 is 11.7 Å². The van der Waals surface area contributed by atoms with Crippen molar-refractivity contribution in [2.45, 2.75) is 6.54 Å². The standard InChI is InChI=1S/C13H11F2NO3/c1-18-13(17)12-8(2-3-19-12)7-16-11-5-9(14)4-10(15)6-11/h2-6,16H,7H2,1H3. The SMILES string of the molecule is COC(=O)c1occc1CNc1cc(F)cc(F)c1. The number of benzene rings is 1. The first-order chi connectivity index (χ1) is 9.10. The number of rotatable bonds is 4. The summed E-state index contributed by atoms with van der Waals surface area (Å²) in [5, 5.41) is 2.80. The van der Waals surface area contributed by atoms with Gasteiger partial charge in [0.05, 0.1) is 13.4 Å². The molecule has 0 bridgehead atoms. The molecule has 0 aliphatic carbocycles. The van der Waals surface area contributed by atoms with E-state index in [1.165, 1.54) is 13.4 Å². The first-order valence-electron chi connectivity index (χ1n) is 5.45. The van der Waals surface area contributed by atoms with Gasteiger partial charge in [-0.15, -0.1) is 0 Å². The average molecular weight is 267 g/mol. The lowest BCUT2D eigenvalue weighted by atomic mass is 10.2. The van der Waals surface area contributed by atoms with Crippen LogP contribution in [0.3, 0.4) is 0 Å². The van der Waals surface area contributed by atoms with Crippen molar-refractivity contribution in [3.63, 3.8) is 0 Å². The van der Waals surface area contributed by atoms with Crippen molar-refractivity contribution < 1.29 is 22.7 Å². The topological polar surface area (TPSA) is 51.5 Å². The summed E-state index contributed by atoms with van der Waals surface area (Å²) in [4.78, 5) is 11.4. The molecule has 0 atom stereocenters. The summed E-state index contributed by atoms with van der Waals surface area (Å²) in [6.07, 6.45) is 1.34. The van der Waals surface area contributed by atoms with Crippen LogP contribution in [0.2, 0.25) is 0 Å². The summed E-state index contributed by atoms with van der Waals surface area (Å²) < 4.78 is 35.5. The lowest BCUT2D eigenvalue weighted by Crippen LogP contribution is -2.07. The monoisotopic (exact) mass is 267 g/mol. The molecule has 1 heterocycles. The molecule has 0 aliphatic heterocycles. The van der Waals surface area contributed by atoms with E-state index in [2.05, 4.69) is 10.1 Å². The highest BCUT2D eigenvalue weighted by Gasteiger charge is 2.15. The van der Waals surface area contributed by atoms with Crippen molar-refractivity contribution in [1.82, 2.24) is 0 Å². The second-order valence-corrected chi connectivity index (χ2v) is 3.78. The van der Waals surface area contributed by atoms with Crippen molar-refractivity contribution in [3.8, 4) is 0 Å². The van der Waals surface area contributed by atoms with Crippen LogP contribution in [-0.4, -0.2) is 13.1 Å².